The predicted octanol–water partition coefficient (Wildman–Crippen LogP) is 3.34. The zero-order chi connectivity index (χ0) is 19.3. The van der Waals surface area contributed by atoms with Crippen LogP contribution in [0.1, 0.15) is 41.4 Å². The van der Waals surface area contributed by atoms with Crippen molar-refractivity contribution in [1.29, 1.82) is 0 Å². The largest absolute Gasteiger partial charge is 0.377 e. The van der Waals surface area contributed by atoms with Crippen molar-refractivity contribution >= 4 is 23.2 Å². The summed E-state index contributed by atoms with van der Waals surface area (Å²) in [5.41, 5.74) is 0.538. The summed E-state index contributed by atoms with van der Waals surface area (Å²) >= 11 is 5.78. The van der Waals surface area contributed by atoms with Gasteiger partial charge in [0.15, 0.2) is 0 Å². The third-order valence-corrected chi connectivity index (χ3v) is 6.17. The number of anilines is 1. The highest BCUT2D eigenvalue weighted by Gasteiger charge is 2.57. The van der Waals surface area contributed by atoms with Gasteiger partial charge in [-0.1, -0.05) is 17.5 Å². The van der Waals surface area contributed by atoms with E-state index < -0.39 is 11.4 Å². The number of nitrogens with zero attached hydrogens (tertiary/aromatic N) is 2. The SMILES string of the molecule is C#CC1(O)CC2CC(c3ncn(C)c3C(=O)Nc3ccc(F)c(Cl)c3)CC21. The predicted molar refractivity (Wildman–Crippen MR) is 99.9 cm³/mol. The second-order valence-electron chi connectivity index (χ2n) is 7.48. The molecule has 4 atom stereocenters. The van der Waals surface area contributed by atoms with E-state index in [1.807, 2.05) is 0 Å². The van der Waals surface area contributed by atoms with Gasteiger partial charge in [-0.2, -0.15) is 0 Å². The summed E-state index contributed by atoms with van der Waals surface area (Å²) in [6, 6.07) is 4.03. The molecule has 2 aliphatic rings. The summed E-state index contributed by atoms with van der Waals surface area (Å²) in [5.74, 6) is 2.13. The van der Waals surface area contributed by atoms with Crippen LogP contribution in [0.2, 0.25) is 5.02 Å². The number of benzene rings is 1. The van der Waals surface area contributed by atoms with Gasteiger partial charge in [-0.15, -0.1) is 6.42 Å². The summed E-state index contributed by atoms with van der Waals surface area (Å²) in [5, 5.41) is 13.1. The van der Waals surface area contributed by atoms with E-state index in [1.54, 1.807) is 17.9 Å². The number of carbonyl (C=O) groups excluding carboxylic acids is 1. The number of fused-ring (bicyclic) bond motifs is 1. The second kappa shape index (κ2) is 6.36. The fraction of sp³-hybridized carbons (Fsp3) is 0.400. The Morgan fingerprint density at radius 1 is 1.52 bits per heavy atom. The van der Waals surface area contributed by atoms with E-state index in [-0.39, 0.29) is 22.8 Å². The fourth-order valence-electron chi connectivity index (χ4n) is 4.50. The zero-order valence-corrected chi connectivity index (χ0v) is 15.5. The molecule has 0 aliphatic heterocycles. The van der Waals surface area contributed by atoms with E-state index >= 15 is 0 Å². The summed E-state index contributed by atoms with van der Waals surface area (Å²) in [6.07, 6.45) is 9.26. The van der Waals surface area contributed by atoms with E-state index in [0.29, 0.717) is 35.8 Å². The summed E-state index contributed by atoms with van der Waals surface area (Å²) in [7, 11) is 1.75. The average molecular weight is 388 g/mol. The minimum atomic E-state index is -1.03. The number of imidazole rings is 1. The van der Waals surface area contributed by atoms with Crippen LogP contribution in [0.15, 0.2) is 24.5 Å². The van der Waals surface area contributed by atoms with Gasteiger partial charge in [0.1, 0.15) is 17.1 Å². The topological polar surface area (TPSA) is 67.2 Å². The number of halogens is 2. The molecule has 0 bridgehead atoms. The lowest BCUT2D eigenvalue weighted by molar-refractivity contribution is -0.0765. The van der Waals surface area contributed by atoms with Crippen LogP contribution in [-0.2, 0) is 7.05 Å². The molecular weight excluding hydrogens is 369 g/mol. The molecule has 2 aromatic rings. The second-order valence-corrected chi connectivity index (χ2v) is 7.89. The van der Waals surface area contributed by atoms with E-state index in [2.05, 4.69) is 16.2 Å². The van der Waals surface area contributed by atoms with Crippen molar-refractivity contribution in [3.05, 3.63) is 46.8 Å². The summed E-state index contributed by atoms with van der Waals surface area (Å²) < 4.78 is 15.0. The maximum absolute atomic E-state index is 13.3. The Hall–Kier alpha value is -2.36. The van der Waals surface area contributed by atoms with E-state index in [1.165, 1.54) is 18.2 Å². The van der Waals surface area contributed by atoms with E-state index in [4.69, 9.17) is 18.0 Å². The van der Waals surface area contributed by atoms with Gasteiger partial charge in [0.05, 0.1) is 17.0 Å². The lowest BCUT2D eigenvalue weighted by Gasteiger charge is -2.45. The van der Waals surface area contributed by atoms with Crippen LogP contribution in [-0.4, -0.2) is 26.2 Å². The number of aliphatic hydroxyl groups is 1. The highest BCUT2D eigenvalue weighted by Crippen LogP contribution is 2.58. The molecule has 1 heterocycles. The molecule has 27 heavy (non-hydrogen) atoms. The molecule has 0 saturated heterocycles. The molecule has 2 N–H and O–H groups in total. The van der Waals surface area contributed by atoms with Crippen LogP contribution in [0.3, 0.4) is 0 Å². The van der Waals surface area contributed by atoms with Crippen LogP contribution in [0.4, 0.5) is 10.1 Å². The zero-order valence-electron chi connectivity index (χ0n) is 14.7. The highest BCUT2D eigenvalue weighted by molar-refractivity contribution is 6.31. The Kier molecular flexibility index (Phi) is 4.25. The first-order valence-corrected chi connectivity index (χ1v) is 9.18. The Labute approximate surface area is 161 Å². The van der Waals surface area contributed by atoms with Gasteiger partial charge >= 0.3 is 0 Å². The van der Waals surface area contributed by atoms with Gasteiger partial charge in [0.2, 0.25) is 0 Å². The molecule has 5 nitrogen and oxygen atoms in total. The number of amides is 1. The van der Waals surface area contributed by atoms with Crippen molar-refractivity contribution in [2.24, 2.45) is 18.9 Å². The number of aryl methyl sites for hydroxylation is 1. The Balaban J connectivity index is 1.56. The molecule has 140 valence electrons. The normalized spacial score (nSPS) is 28.9. The van der Waals surface area contributed by atoms with Gasteiger partial charge in [-0.3, -0.25) is 4.79 Å². The van der Waals surface area contributed by atoms with Crippen molar-refractivity contribution in [2.75, 3.05) is 5.32 Å². The minimum Gasteiger partial charge on any atom is -0.377 e. The quantitative estimate of drug-likeness (QED) is 0.794. The average Bonchev–Trinajstić information content (AvgIpc) is 3.18. The first-order valence-electron chi connectivity index (χ1n) is 8.80. The smallest absolute Gasteiger partial charge is 0.274 e. The number of hydrogen-bond donors (Lipinski definition) is 2. The number of aromatic nitrogens is 2. The van der Waals surface area contributed by atoms with Gasteiger partial charge in [-0.25, -0.2) is 9.37 Å². The number of terminal acetylenes is 1. The Morgan fingerprint density at radius 2 is 2.30 bits per heavy atom. The van der Waals surface area contributed by atoms with Gasteiger partial charge in [-0.05, 0) is 43.4 Å². The molecule has 1 aromatic carbocycles. The number of hydrogen-bond acceptors (Lipinski definition) is 3. The third kappa shape index (κ3) is 2.91. The first kappa shape index (κ1) is 18.0. The Bertz CT molecular complexity index is 967. The molecule has 1 aromatic heterocycles. The van der Waals surface area contributed by atoms with E-state index in [9.17, 15) is 14.3 Å². The summed E-state index contributed by atoms with van der Waals surface area (Å²) in [6.45, 7) is 0. The molecule has 1 amide bonds. The van der Waals surface area contributed by atoms with Gasteiger partial charge in [0, 0.05) is 24.6 Å². The van der Waals surface area contributed by atoms with Crippen molar-refractivity contribution in [1.82, 2.24) is 9.55 Å². The van der Waals surface area contributed by atoms with Crippen LogP contribution in [0.25, 0.3) is 0 Å². The molecular formula is C20H19ClFN3O2. The highest BCUT2D eigenvalue weighted by atomic mass is 35.5. The fourth-order valence-corrected chi connectivity index (χ4v) is 4.68. The molecule has 2 fully saturated rings. The lowest BCUT2D eigenvalue weighted by atomic mass is 9.63. The van der Waals surface area contributed by atoms with Gasteiger partial charge < -0.3 is 15.0 Å². The summed E-state index contributed by atoms with van der Waals surface area (Å²) in [4.78, 5) is 17.3. The van der Waals surface area contributed by atoms with Crippen molar-refractivity contribution in [3.8, 4) is 12.3 Å². The van der Waals surface area contributed by atoms with Crippen LogP contribution >= 0.6 is 11.6 Å². The number of rotatable bonds is 3. The third-order valence-electron chi connectivity index (χ3n) is 5.88. The molecule has 2 saturated carbocycles. The van der Waals surface area contributed by atoms with Crippen LogP contribution in [0.5, 0.6) is 0 Å². The minimum absolute atomic E-state index is 0.0565. The van der Waals surface area contributed by atoms with E-state index in [0.717, 1.165) is 6.42 Å². The van der Waals surface area contributed by atoms with Crippen molar-refractivity contribution in [2.45, 2.75) is 30.8 Å². The molecule has 0 spiro atoms. The van der Waals surface area contributed by atoms with Gasteiger partial charge in [0.25, 0.3) is 5.91 Å². The molecule has 7 heteroatoms. The van der Waals surface area contributed by atoms with Crippen LogP contribution < -0.4 is 5.32 Å². The van der Waals surface area contributed by atoms with Crippen LogP contribution in [0, 0.1) is 30.0 Å². The standard InChI is InChI=1S/C20H19ClFN3O2/c1-3-20(27)9-12-6-11(7-14(12)20)17-18(25(2)10-23-17)19(26)24-13-4-5-16(22)15(21)8-13/h1,4-5,8,10-12,14,27H,6-7,9H2,2H3,(H,24,26). The number of carbonyl (C=O) groups is 1. The molecule has 4 rings (SSSR count). The molecule has 4 unspecified atom stereocenters. The molecule has 2 aliphatic carbocycles. The molecule has 0 radical (unpaired) electrons. The van der Waals surface area contributed by atoms with Crippen molar-refractivity contribution < 1.29 is 14.3 Å². The Morgan fingerprint density at radius 3 is 3.00 bits per heavy atom. The first-order chi connectivity index (χ1) is 12.8. The number of nitrogens with one attached hydrogen (secondary N) is 1. The lowest BCUT2D eigenvalue weighted by Crippen LogP contribution is -2.50. The maximum Gasteiger partial charge on any atom is 0.274 e. The monoisotopic (exact) mass is 387 g/mol. The maximum atomic E-state index is 13.3. The van der Waals surface area contributed by atoms with Crippen molar-refractivity contribution in [3.63, 3.8) is 0 Å².